The quantitative estimate of drug-likeness (QED) is 0.445. The highest BCUT2D eigenvalue weighted by Crippen LogP contribution is 2.50. The third kappa shape index (κ3) is 4.92. The van der Waals surface area contributed by atoms with E-state index in [2.05, 4.69) is 0 Å². The number of ether oxygens (including phenoxy) is 2. The summed E-state index contributed by atoms with van der Waals surface area (Å²) in [6, 6.07) is 11.3. The number of benzene rings is 2. The summed E-state index contributed by atoms with van der Waals surface area (Å²) in [5, 5.41) is 11.0. The van der Waals surface area contributed by atoms with Gasteiger partial charge in [-0.1, -0.05) is 36.7 Å². The Morgan fingerprint density at radius 1 is 1.14 bits per heavy atom. The molecule has 0 amide bonds. The number of pyridine rings is 1. The predicted octanol–water partition coefficient (Wildman–Crippen LogP) is 5.48. The van der Waals surface area contributed by atoms with Crippen molar-refractivity contribution in [3.8, 4) is 11.5 Å². The number of carbonyl (C=O) groups excluding carboxylic acids is 1. The number of carbonyl (C=O) groups is 1. The number of methoxy groups -OCH3 is 1. The number of hydrogen-bond donors (Lipinski definition) is 1. The lowest BCUT2D eigenvalue weighted by Gasteiger charge is -2.37. The van der Waals surface area contributed by atoms with Crippen molar-refractivity contribution < 1.29 is 32.5 Å². The summed E-state index contributed by atoms with van der Waals surface area (Å²) in [7, 11) is 2.53. The van der Waals surface area contributed by atoms with Crippen LogP contribution in [-0.2, 0) is 17.4 Å². The molecule has 6 nitrogen and oxygen atoms in total. The van der Waals surface area contributed by atoms with Crippen molar-refractivity contribution in [1.82, 2.24) is 4.57 Å². The summed E-state index contributed by atoms with van der Waals surface area (Å²) in [4.78, 5) is 24.0. The molecule has 2 unspecified atom stereocenters. The maximum Gasteiger partial charge on any atom is 0.422 e. The zero-order valence-corrected chi connectivity index (χ0v) is 20.1. The molecule has 1 N–H and O–H groups in total. The van der Waals surface area contributed by atoms with Crippen LogP contribution in [0.15, 0.2) is 59.5 Å². The lowest BCUT2D eigenvalue weighted by molar-refractivity contribution is -0.274. The molecule has 3 aromatic rings. The second-order valence-electron chi connectivity index (χ2n) is 8.09. The molecule has 0 aliphatic heterocycles. The van der Waals surface area contributed by atoms with Gasteiger partial charge < -0.3 is 19.1 Å². The molecule has 186 valence electrons. The molecule has 0 aliphatic rings. The van der Waals surface area contributed by atoms with Crippen LogP contribution in [0.25, 0.3) is 0 Å². The van der Waals surface area contributed by atoms with E-state index in [-0.39, 0.29) is 33.2 Å². The molecule has 0 bridgehead atoms. The number of aliphatic hydroxyl groups is 1. The molecule has 2 atom stereocenters. The Labute approximate surface area is 204 Å². The predicted molar refractivity (Wildman–Crippen MR) is 124 cm³/mol. The minimum atomic E-state index is -5.09. The summed E-state index contributed by atoms with van der Waals surface area (Å²) in [5.41, 5.74) is -4.09. The van der Waals surface area contributed by atoms with Crippen LogP contribution >= 0.6 is 11.6 Å². The fourth-order valence-corrected chi connectivity index (χ4v) is 4.19. The highest BCUT2D eigenvalue weighted by atomic mass is 35.5. The van der Waals surface area contributed by atoms with Gasteiger partial charge in [-0.05, 0) is 42.8 Å². The lowest BCUT2D eigenvalue weighted by atomic mass is 9.78. The van der Waals surface area contributed by atoms with Gasteiger partial charge in [0.2, 0.25) is 0 Å². The Hall–Kier alpha value is -3.30. The molecule has 2 aromatic carbocycles. The molecule has 10 heteroatoms. The van der Waals surface area contributed by atoms with Gasteiger partial charge in [0.25, 0.3) is 5.56 Å². The molecule has 0 fully saturated rings. The van der Waals surface area contributed by atoms with Crippen LogP contribution in [0.2, 0.25) is 5.02 Å². The molecule has 1 aromatic heterocycles. The van der Waals surface area contributed by atoms with Crippen molar-refractivity contribution in [2.24, 2.45) is 7.05 Å². The molecule has 0 saturated carbocycles. The van der Waals surface area contributed by atoms with Gasteiger partial charge in [-0.3, -0.25) is 4.79 Å². The molecular formula is C25H23ClF3NO5. The molecule has 0 saturated heterocycles. The number of hydrogen-bond acceptors (Lipinski definition) is 5. The molecular weight excluding hydrogens is 487 g/mol. The van der Waals surface area contributed by atoms with Gasteiger partial charge in [0.05, 0.1) is 7.11 Å². The first-order valence-corrected chi connectivity index (χ1v) is 10.8. The van der Waals surface area contributed by atoms with Crippen LogP contribution in [0.4, 0.5) is 13.2 Å². The summed E-state index contributed by atoms with van der Waals surface area (Å²) in [6.45, 7) is 2.57. The molecule has 3 rings (SSSR count). The zero-order valence-electron chi connectivity index (χ0n) is 19.3. The smallest absolute Gasteiger partial charge is 0.422 e. The maximum atomic E-state index is 14.3. The first-order valence-electron chi connectivity index (χ1n) is 10.4. The van der Waals surface area contributed by atoms with Crippen LogP contribution in [-0.4, -0.2) is 28.9 Å². The summed E-state index contributed by atoms with van der Waals surface area (Å²) < 4.78 is 54.3. The Kier molecular flexibility index (Phi) is 7.33. The van der Waals surface area contributed by atoms with E-state index >= 15 is 0 Å². The second-order valence-corrected chi connectivity index (χ2v) is 8.49. The van der Waals surface area contributed by atoms with Crippen molar-refractivity contribution in [3.63, 3.8) is 0 Å². The third-order valence-electron chi connectivity index (χ3n) is 5.82. The minimum absolute atomic E-state index is 0.00611. The van der Waals surface area contributed by atoms with Crippen molar-refractivity contribution >= 4 is 17.6 Å². The van der Waals surface area contributed by atoms with E-state index in [0.717, 1.165) is 16.8 Å². The van der Waals surface area contributed by atoms with Crippen LogP contribution in [0.3, 0.4) is 0 Å². The second kappa shape index (κ2) is 9.75. The fraction of sp³-hybridized carbons (Fsp3) is 0.280. The standard InChI is InChI=1S/C25H23ClF3NO5/c1-14-11-16(13-30(3)22(14)31)24(33,25(27,28)29)15(2)18-10-9-17(12-20(18)26)35-21-8-6-5-7-19(21)23(32)34-4/h5-13,15,33H,1-4H3. The highest BCUT2D eigenvalue weighted by molar-refractivity contribution is 6.31. The molecule has 0 aliphatic carbocycles. The van der Waals surface area contributed by atoms with Crippen LogP contribution in [0.1, 0.15) is 39.9 Å². The van der Waals surface area contributed by atoms with E-state index in [1.54, 1.807) is 12.1 Å². The lowest BCUT2D eigenvalue weighted by Crippen LogP contribution is -2.47. The number of halogens is 4. The Morgan fingerprint density at radius 3 is 2.37 bits per heavy atom. The van der Waals surface area contributed by atoms with E-state index in [1.165, 1.54) is 58.3 Å². The largest absolute Gasteiger partial charge is 0.465 e. The average Bonchev–Trinajstić information content (AvgIpc) is 2.80. The average molecular weight is 510 g/mol. The van der Waals surface area contributed by atoms with Crippen molar-refractivity contribution in [2.75, 3.05) is 7.11 Å². The van der Waals surface area contributed by atoms with Gasteiger partial charge in [0.15, 0.2) is 5.60 Å². The Bertz CT molecular complexity index is 1290. The van der Waals surface area contributed by atoms with Gasteiger partial charge in [-0.25, -0.2) is 4.79 Å². The Morgan fingerprint density at radius 2 is 1.80 bits per heavy atom. The van der Waals surface area contributed by atoms with Crippen molar-refractivity contribution in [1.29, 1.82) is 0 Å². The SMILES string of the molecule is COC(=O)c1ccccc1Oc1ccc(C(C)C(O)(c2cc(C)c(=O)n(C)c2)C(F)(F)F)c(Cl)c1. The fourth-order valence-electron chi connectivity index (χ4n) is 3.85. The topological polar surface area (TPSA) is 77.8 Å². The summed E-state index contributed by atoms with van der Waals surface area (Å²) >= 11 is 6.35. The maximum absolute atomic E-state index is 14.3. The van der Waals surface area contributed by atoms with E-state index < -0.39 is 34.8 Å². The van der Waals surface area contributed by atoms with Crippen molar-refractivity contribution in [2.45, 2.75) is 31.5 Å². The van der Waals surface area contributed by atoms with E-state index in [1.807, 2.05) is 0 Å². The van der Waals surface area contributed by atoms with Gasteiger partial charge in [-0.2, -0.15) is 13.2 Å². The molecule has 35 heavy (non-hydrogen) atoms. The van der Waals surface area contributed by atoms with E-state index in [9.17, 15) is 27.9 Å². The Balaban J connectivity index is 2.03. The van der Waals surface area contributed by atoms with Crippen LogP contribution in [0.5, 0.6) is 11.5 Å². The van der Waals surface area contributed by atoms with Gasteiger partial charge in [-0.15, -0.1) is 0 Å². The normalized spacial score (nSPS) is 14.2. The van der Waals surface area contributed by atoms with Gasteiger partial charge >= 0.3 is 12.1 Å². The van der Waals surface area contributed by atoms with Gasteiger partial charge in [0, 0.05) is 35.3 Å². The molecule has 1 heterocycles. The summed E-state index contributed by atoms with van der Waals surface area (Å²) in [6.07, 6.45) is -4.12. The van der Waals surface area contributed by atoms with Crippen LogP contribution in [0, 0.1) is 6.92 Å². The number of rotatable bonds is 6. The zero-order chi connectivity index (χ0) is 26.1. The number of alkyl halides is 3. The number of para-hydroxylation sites is 1. The number of aryl methyl sites for hydroxylation is 2. The highest BCUT2D eigenvalue weighted by Gasteiger charge is 2.59. The summed E-state index contributed by atoms with van der Waals surface area (Å²) in [5.74, 6) is -1.84. The first-order chi connectivity index (χ1) is 16.3. The molecule has 0 radical (unpaired) electrons. The monoisotopic (exact) mass is 509 g/mol. The van der Waals surface area contributed by atoms with E-state index in [0.29, 0.717) is 0 Å². The number of nitrogens with zero attached hydrogens (tertiary/aromatic N) is 1. The van der Waals surface area contributed by atoms with Gasteiger partial charge in [0.1, 0.15) is 17.1 Å². The van der Waals surface area contributed by atoms with Crippen molar-refractivity contribution in [3.05, 3.63) is 92.4 Å². The first kappa shape index (κ1) is 26.3. The van der Waals surface area contributed by atoms with Crippen LogP contribution < -0.4 is 10.3 Å². The third-order valence-corrected chi connectivity index (χ3v) is 6.15. The number of aromatic nitrogens is 1. The molecule has 0 spiro atoms. The minimum Gasteiger partial charge on any atom is -0.465 e. The van der Waals surface area contributed by atoms with E-state index in [4.69, 9.17) is 21.1 Å². The number of esters is 1.